The summed E-state index contributed by atoms with van der Waals surface area (Å²) in [5.74, 6) is 4.30. The Labute approximate surface area is 310 Å². The minimum Gasteiger partial charge on any atom is -0.493 e. The number of nitrogens with one attached hydrogen (secondary N) is 1. The number of benzene rings is 2. The van der Waals surface area contributed by atoms with E-state index in [1.54, 1.807) is 40.1 Å². The molecule has 15 heteroatoms. The number of piperazine rings is 1. The molecule has 3 aliphatic rings. The number of carbonyl (C=O) groups is 2. The Morgan fingerprint density at radius 2 is 1.83 bits per heavy atom. The molecule has 4 heterocycles. The van der Waals surface area contributed by atoms with Crippen LogP contribution < -0.4 is 21.2 Å². The molecule has 4 aromatic rings. The molecule has 0 bridgehead atoms. The van der Waals surface area contributed by atoms with Crippen LogP contribution in [0.4, 0.5) is 19.0 Å². The smallest absolute Gasteiger partial charge is 0.270 e. The van der Waals surface area contributed by atoms with E-state index < -0.39 is 22.9 Å². The van der Waals surface area contributed by atoms with Crippen molar-refractivity contribution in [2.24, 2.45) is 11.6 Å². The molecule has 7 rings (SSSR count). The Hall–Kier alpha value is -6.01. The third kappa shape index (κ3) is 6.80. The number of aromatic nitrogens is 2. The first-order valence-corrected chi connectivity index (χ1v) is 17.7. The van der Waals surface area contributed by atoms with Gasteiger partial charge in [0.05, 0.1) is 30.3 Å². The highest BCUT2D eigenvalue weighted by atomic mass is 19.1. The number of ether oxygens (including phenoxy) is 1. The van der Waals surface area contributed by atoms with Gasteiger partial charge in [0, 0.05) is 92.8 Å². The van der Waals surface area contributed by atoms with Crippen LogP contribution in [0, 0.1) is 28.8 Å². The number of methoxy groups -OCH3 is 1. The molecule has 2 fully saturated rings. The molecule has 2 amide bonds. The number of anilines is 1. The number of nitrogens with zero attached hydrogens (tertiary/aromatic N) is 6. The SMILES string of the molecule is COc1cc(F)cnc1N1CCN(C(=O)c2cc3c(-c4cccc(C5(C#N)CC5)c4F)cc(C4=CCCN(C(=O)CCN(N)/C=C\N)C4)c(F)c3[nH]2)CC1. The predicted molar refractivity (Wildman–Crippen MR) is 197 cm³/mol. The summed E-state index contributed by atoms with van der Waals surface area (Å²) in [6, 6.07) is 11.5. The number of fused-ring (bicyclic) bond motifs is 1. The summed E-state index contributed by atoms with van der Waals surface area (Å²) < 4.78 is 52.4. The molecule has 2 aromatic heterocycles. The van der Waals surface area contributed by atoms with Crippen molar-refractivity contribution in [3.63, 3.8) is 0 Å². The number of carbonyl (C=O) groups excluding carboxylic acids is 2. The number of amides is 2. The van der Waals surface area contributed by atoms with Crippen molar-refractivity contribution in [1.82, 2.24) is 24.8 Å². The lowest BCUT2D eigenvalue weighted by atomic mass is 9.89. The Balaban J connectivity index is 1.23. The minimum absolute atomic E-state index is 0.0210. The second-order valence-electron chi connectivity index (χ2n) is 13.7. The summed E-state index contributed by atoms with van der Waals surface area (Å²) in [4.78, 5) is 39.5. The van der Waals surface area contributed by atoms with Crippen molar-refractivity contribution in [2.75, 3.05) is 57.8 Å². The van der Waals surface area contributed by atoms with Crippen molar-refractivity contribution < 1.29 is 27.5 Å². The van der Waals surface area contributed by atoms with Crippen LogP contribution in [-0.4, -0.2) is 89.5 Å². The van der Waals surface area contributed by atoms with E-state index in [9.17, 15) is 19.2 Å². The van der Waals surface area contributed by atoms with Crippen LogP contribution in [0.2, 0.25) is 0 Å². The topological polar surface area (TPSA) is 161 Å². The van der Waals surface area contributed by atoms with Gasteiger partial charge in [0.15, 0.2) is 17.4 Å². The molecule has 0 atom stereocenters. The van der Waals surface area contributed by atoms with E-state index in [2.05, 4.69) is 16.0 Å². The average molecular weight is 740 g/mol. The molecule has 2 aliphatic heterocycles. The minimum atomic E-state index is -0.914. The molecule has 1 saturated heterocycles. The number of nitrogens with two attached hydrogens (primary N) is 2. The highest BCUT2D eigenvalue weighted by molar-refractivity contribution is 6.05. The first kappa shape index (κ1) is 36.4. The summed E-state index contributed by atoms with van der Waals surface area (Å²) in [7, 11) is 1.43. The second-order valence-corrected chi connectivity index (χ2v) is 13.7. The van der Waals surface area contributed by atoms with Gasteiger partial charge in [-0.25, -0.2) is 24.0 Å². The van der Waals surface area contributed by atoms with Gasteiger partial charge in [-0.15, -0.1) is 0 Å². The first-order chi connectivity index (χ1) is 26.1. The van der Waals surface area contributed by atoms with Gasteiger partial charge in [-0.1, -0.05) is 24.3 Å². The highest BCUT2D eigenvalue weighted by Gasteiger charge is 2.47. The standard InChI is InChI=1S/C39H40F3N9O3/c1-54-32-18-25(40)21-46-37(32)48-14-16-49(17-15-48)38(53)31-20-29-28(26-5-2-6-30(34(26)41)39(23-44)8-9-39)19-27(35(42)36(29)47-31)24-4-3-11-50(22-24)33(52)7-12-51(45)13-10-43/h2,4-6,10,13,18-21,47H,3,7-9,11-12,14-17,22,43,45H2,1H3/b13-10-. The molecule has 54 heavy (non-hydrogen) atoms. The lowest BCUT2D eigenvalue weighted by molar-refractivity contribution is -0.130. The lowest BCUT2D eigenvalue weighted by Crippen LogP contribution is -2.49. The summed E-state index contributed by atoms with van der Waals surface area (Å²) in [6.07, 6.45) is 7.36. The van der Waals surface area contributed by atoms with Gasteiger partial charge in [0.25, 0.3) is 5.91 Å². The fraction of sp³-hybridized carbons (Fsp3) is 0.333. The number of hydrogen-bond donors (Lipinski definition) is 3. The Bertz CT molecular complexity index is 2220. The summed E-state index contributed by atoms with van der Waals surface area (Å²) in [5, 5.41) is 11.5. The zero-order valence-electron chi connectivity index (χ0n) is 29.7. The van der Waals surface area contributed by atoms with Crippen LogP contribution in [0.1, 0.15) is 47.3 Å². The maximum atomic E-state index is 16.8. The molecule has 1 aliphatic carbocycles. The normalized spacial score (nSPS) is 16.7. The average Bonchev–Trinajstić information content (AvgIpc) is 3.86. The third-order valence-electron chi connectivity index (χ3n) is 10.4. The van der Waals surface area contributed by atoms with Crippen LogP contribution >= 0.6 is 0 Å². The van der Waals surface area contributed by atoms with E-state index in [0.717, 1.165) is 6.20 Å². The molecule has 1 saturated carbocycles. The van der Waals surface area contributed by atoms with Crippen LogP contribution in [0.3, 0.4) is 0 Å². The third-order valence-corrected chi connectivity index (χ3v) is 10.4. The van der Waals surface area contributed by atoms with Gasteiger partial charge >= 0.3 is 0 Å². The van der Waals surface area contributed by atoms with Gasteiger partial charge in [-0.3, -0.25) is 9.59 Å². The van der Waals surface area contributed by atoms with Gasteiger partial charge in [-0.2, -0.15) is 5.26 Å². The highest BCUT2D eigenvalue weighted by Crippen LogP contribution is 2.50. The number of hydrogen-bond acceptors (Lipinski definition) is 9. The number of halogens is 3. The summed E-state index contributed by atoms with van der Waals surface area (Å²) >= 11 is 0. The summed E-state index contributed by atoms with van der Waals surface area (Å²) in [5.41, 5.74) is 6.13. The first-order valence-electron chi connectivity index (χ1n) is 17.7. The van der Waals surface area contributed by atoms with E-state index in [0.29, 0.717) is 74.3 Å². The van der Waals surface area contributed by atoms with Gasteiger partial charge in [0.1, 0.15) is 17.3 Å². The molecule has 0 unspecified atom stereocenters. The molecule has 12 nitrogen and oxygen atoms in total. The van der Waals surface area contributed by atoms with Gasteiger partial charge in [0.2, 0.25) is 5.91 Å². The van der Waals surface area contributed by atoms with Crippen LogP contribution in [0.5, 0.6) is 5.75 Å². The van der Waals surface area contributed by atoms with Crippen molar-refractivity contribution in [3.05, 3.63) is 95.3 Å². The Morgan fingerprint density at radius 3 is 2.54 bits per heavy atom. The molecular weight excluding hydrogens is 699 g/mol. The maximum absolute atomic E-state index is 16.8. The molecule has 0 radical (unpaired) electrons. The molecule has 2 aromatic carbocycles. The Kier molecular flexibility index (Phi) is 9.95. The van der Waals surface area contributed by atoms with Gasteiger partial charge < -0.3 is 35.2 Å². The van der Waals surface area contributed by atoms with Crippen molar-refractivity contribution in [3.8, 4) is 22.9 Å². The lowest BCUT2D eigenvalue weighted by Gasteiger charge is -2.35. The fourth-order valence-corrected chi connectivity index (χ4v) is 7.32. The van der Waals surface area contributed by atoms with E-state index in [-0.39, 0.29) is 65.0 Å². The van der Waals surface area contributed by atoms with Crippen LogP contribution in [-0.2, 0) is 10.2 Å². The van der Waals surface area contributed by atoms with E-state index in [1.807, 2.05) is 11.0 Å². The van der Waals surface area contributed by atoms with Gasteiger partial charge in [-0.05, 0) is 42.5 Å². The van der Waals surface area contributed by atoms with Crippen molar-refractivity contribution >= 4 is 34.1 Å². The molecule has 280 valence electrons. The second kappa shape index (κ2) is 14.8. The maximum Gasteiger partial charge on any atom is 0.270 e. The zero-order valence-corrected chi connectivity index (χ0v) is 29.7. The number of hydrazine groups is 1. The quantitative estimate of drug-likeness (QED) is 0.154. The number of H-pyrrole nitrogens is 1. The number of aromatic amines is 1. The van der Waals surface area contributed by atoms with Crippen molar-refractivity contribution in [1.29, 1.82) is 5.26 Å². The predicted octanol–water partition coefficient (Wildman–Crippen LogP) is 4.78. The monoisotopic (exact) mass is 739 g/mol. The molecule has 5 N–H and O–H groups in total. The summed E-state index contributed by atoms with van der Waals surface area (Å²) in [6.45, 7) is 2.15. The zero-order chi connectivity index (χ0) is 38.1. The van der Waals surface area contributed by atoms with E-state index >= 15 is 8.78 Å². The largest absolute Gasteiger partial charge is 0.493 e. The molecule has 0 spiro atoms. The number of rotatable bonds is 10. The Morgan fingerprint density at radius 1 is 1.06 bits per heavy atom. The molecular formula is C39H40F3N9O3. The van der Waals surface area contributed by atoms with Crippen LogP contribution in [0.25, 0.3) is 27.6 Å². The van der Waals surface area contributed by atoms with Crippen molar-refractivity contribution in [2.45, 2.75) is 31.1 Å². The number of pyridine rings is 1. The van der Waals surface area contributed by atoms with Crippen LogP contribution in [0.15, 0.2) is 61.1 Å². The van der Waals surface area contributed by atoms with E-state index in [1.165, 1.54) is 30.6 Å². The number of nitriles is 1. The van der Waals surface area contributed by atoms with E-state index in [4.69, 9.17) is 16.3 Å². The fourth-order valence-electron chi connectivity index (χ4n) is 7.32.